The molecule has 0 saturated carbocycles. The van der Waals surface area contributed by atoms with Gasteiger partial charge in [0, 0.05) is 42.5 Å². The Morgan fingerprint density at radius 3 is 0.980 bits per heavy atom. The first-order valence-corrected chi connectivity index (χ1v) is 14.9. The number of hydrogen-bond donors (Lipinski definition) is 4. The van der Waals surface area contributed by atoms with Gasteiger partial charge in [0.25, 0.3) is 11.4 Å². The van der Waals surface area contributed by atoms with Crippen molar-refractivity contribution in [2.75, 3.05) is 7.11 Å². The number of ketones is 2. The summed E-state index contributed by atoms with van der Waals surface area (Å²) in [5.41, 5.74) is 4.71. The van der Waals surface area contributed by atoms with Crippen molar-refractivity contribution >= 4 is 40.3 Å². The van der Waals surface area contributed by atoms with Crippen LogP contribution in [0.4, 0.5) is 11.4 Å². The van der Waals surface area contributed by atoms with E-state index in [2.05, 4.69) is 0 Å². The fourth-order valence-electron chi connectivity index (χ4n) is 4.19. The minimum atomic E-state index is -0.879. The summed E-state index contributed by atoms with van der Waals surface area (Å²) in [6.45, 7) is 2.90. The molecule has 0 aromatic heterocycles. The highest BCUT2D eigenvalue weighted by atomic mass is 16.6. The Labute approximate surface area is 292 Å². The molecule has 0 atom stereocenters. The lowest BCUT2D eigenvalue weighted by atomic mass is 10.0. The van der Waals surface area contributed by atoms with Crippen molar-refractivity contribution in [1.29, 1.82) is 10.8 Å². The Morgan fingerprint density at radius 1 is 0.490 bits per heavy atom. The van der Waals surface area contributed by atoms with E-state index < -0.39 is 15.8 Å². The molecule has 0 saturated heterocycles. The fourth-order valence-corrected chi connectivity index (χ4v) is 4.19. The number of nitrogens with one attached hydrogen (secondary N) is 2. The Bertz CT molecular complexity index is 1870. The lowest BCUT2D eigenvalue weighted by Crippen LogP contribution is -2.08. The number of Topliss-reactive ketones (excluding diaryl/α,β-unsaturated/α-hetero) is 2. The second kappa shape index (κ2) is 19.7. The van der Waals surface area contributed by atoms with Gasteiger partial charge in [-0.05, 0) is 72.5 Å². The Morgan fingerprint density at radius 2 is 0.765 bits per heavy atom. The van der Waals surface area contributed by atoms with E-state index in [-0.39, 0.29) is 34.4 Å². The molecule has 13 heteroatoms. The van der Waals surface area contributed by atoms with Crippen LogP contribution in [0.1, 0.15) is 44.9 Å². The molecule has 0 spiro atoms. The van der Waals surface area contributed by atoms with Gasteiger partial charge in [0.15, 0.2) is 0 Å². The van der Waals surface area contributed by atoms with Crippen molar-refractivity contribution in [3.05, 3.63) is 164 Å². The molecule has 4 N–H and O–H groups in total. The van der Waals surface area contributed by atoms with Gasteiger partial charge in [-0.15, -0.1) is 0 Å². The van der Waals surface area contributed by atoms with Gasteiger partial charge < -0.3 is 21.0 Å². The summed E-state index contributed by atoms with van der Waals surface area (Å²) in [7, 11) is 1.00. The second-order valence-corrected chi connectivity index (χ2v) is 10.3. The molecule has 5 aromatic rings. The number of aliphatic hydroxyl groups is 1. The van der Waals surface area contributed by atoms with Crippen LogP contribution in [-0.4, -0.2) is 56.1 Å². The highest BCUT2D eigenvalue weighted by Crippen LogP contribution is 2.24. The molecule has 0 aliphatic carbocycles. The number of aliphatic hydroxyl groups excluding tert-OH is 1. The topological polar surface area (TPSA) is 226 Å². The van der Waals surface area contributed by atoms with Crippen molar-refractivity contribution in [1.82, 2.24) is 0 Å². The van der Waals surface area contributed by atoms with E-state index in [1.54, 1.807) is 103 Å². The van der Waals surface area contributed by atoms with Crippen LogP contribution in [0.2, 0.25) is 0 Å². The van der Waals surface area contributed by atoms with Gasteiger partial charge >= 0.3 is 5.97 Å². The standard InChI is InChI=1S/2C15H12N2O3.C7H6O2.CH4O/c2*1-10(16)15(18)13-4-2-11(3-5-13)12-6-8-14(9-7-12)17(19)20;8-7(9)6-4-2-1-3-5-6;1-2/h2*2-9,16H,1H3;1-5H,(H,8,9);2H,1H3. The van der Waals surface area contributed by atoms with Crippen molar-refractivity contribution < 1.29 is 34.4 Å². The van der Waals surface area contributed by atoms with Crippen molar-refractivity contribution in [2.45, 2.75) is 13.8 Å². The van der Waals surface area contributed by atoms with Gasteiger partial charge in [-0.2, -0.15) is 0 Å². The van der Waals surface area contributed by atoms with E-state index in [9.17, 15) is 34.6 Å². The maximum absolute atomic E-state index is 11.6. The first-order valence-electron chi connectivity index (χ1n) is 14.9. The van der Waals surface area contributed by atoms with E-state index in [4.69, 9.17) is 21.0 Å². The smallest absolute Gasteiger partial charge is 0.335 e. The third-order valence-electron chi connectivity index (χ3n) is 6.82. The monoisotopic (exact) mass is 690 g/mol. The number of carboxylic acids is 1. The number of benzene rings is 5. The summed E-state index contributed by atoms with van der Waals surface area (Å²) in [5.74, 6) is -1.49. The zero-order valence-corrected chi connectivity index (χ0v) is 27.8. The number of aromatic carboxylic acids is 1. The van der Waals surface area contributed by atoms with Gasteiger partial charge in [-0.3, -0.25) is 29.8 Å². The number of carbonyl (C=O) groups excluding carboxylic acids is 2. The first-order chi connectivity index (χ1) is 24.3. The molecule has 13 nitrogen and oxygen atoms in total. The van der Waals surface area contributed by atoms with E-state index in [1.165, 1.54) is 38.1 Å². The molecule has 5 aromatic carbocycles. The summed E-state index contributed by atoms with van der Waals surface area (Å²) in [6, 6.07) is 34.4. The number of carbonyl (C=O) groups is 3. The number of nitro groups is 2. The summed E-state index contributed by atoms with van der Waals surface area (Å²) >= 11 is 0. The third-order valence-corrected chi connectivity index (χ3v) is 6.82. The first kappa shape index (κ1) is 40.2. The van der Waals surface area contributed by atoms with Crippen LogP contribution in [-0.2, 0) is 0 Å². The van der Waals surface area contributed by atoms with Crippen LogP contribution in [0.15, 0.2) is 127 Å². The van der Waals surface area contributed by atoms with Gasteiger partial charge in [0.05, 0.1) is 26.8 Å². The van der Waals surface area contributed by atoms with Gasteiger partial charge in [-0.1, -0.05) is 66.7 Å². The van der Waals surface area contributed by atoms with Crippen LogP contribution < -0.4 is 0 Å². The molecule has 0 radical (unpaired) electrons. The van der Waals surface area contributed by atoms with Crippen LogP contribution in [0.3, 0.4) is 0 Å². The zero-order valence-electron chi connectivity index (χ0n) is 27.8. The number of rotatable bonds is 9. The summed E-state index contributed by atoms with van der Waals surface area (Å²) in [4.78, 5) is 53.7. The molecule has 0 aliphatic rings. The highest BCUT2D eigenvalue weighted by molar-refractivity contribution is 6.44. The fraction of sp³-hybridized carbons (Fsp3) is 0.0789. The predicted octanol–water partition coefficient (Wildman–Crippen LogP) is 7.96. The summed E-state index contributed by atoms with van der Waals surface area (Å²) < 4.78 is 0. The Kier molecular flexibility index (Phi) is 15.6. The highest BCUT2D eigenvalue weighted by Gasteiger charge is 2.11. The largest absolute Gasteiger partial charge is 0.478 e. The van der Waals surface area contributed by atoms with Gasteiger partial charge in [-0.25, -0.2) is 4.79 Å². The van der Waals surface area contributed by atoms with Crippen LogP contribution in [0.25, 0.3) is 22.3 Å². The maximum Gasteiger partial charge on any atom is 0.335 e. The molecule has 0 aliphatic heterocycles. The SMILES string of the molecule is CC(=N)C(=O)c1ccc(-c2ccc([N+](=O)[O-])cc2)cc1.CC(=N)C(=O)c1ccc(-c2ccc([N+](=O)[O-])cc2)cc1.CO.O=C(O)c1ccccc1. The number of hydrogen-bond acceptors (Lipinski definition) is 10. The van der Waals surface area contributed by atoms with E-state index in [1.807, 2.05) is 0 Å². The zero-order chi connectivity index (χ0) is 38.1. The molecular weight excluding hydrogens is 656 g/mol. The van der Waals surface area contributed by atoms with E-state index in [0.717, 1.165) is 29.4 Å². The Balaban J connectivity index is 0.000000276. The summed E-state index contributed by atoms with van der Waals surface area (Å²) in [5, 5.41) is 51.2. The normalized spacial score (nSPS) is 9.57. The molecular formula is C38H34N4O9. The molecule has 51 heavy (non-hydrogen) atoms. The average molecular weight is 691 g/mol. The molecule has 0 heterocycles. The van der Waals surface area contributed by atoms with Crippen molar-refractivity contribution in [3.8, 4) is 22.3 Å². The number of carboxylic acid groups (broad SMARTS) is 1. The van der Waals surface area contributed by atoms with Crippen LogP contribution >= 0.6 is 0 Å². The quantitative estimate of drug-likeness (QED) is 0.0508. The van der Waals surface area contributed by atoms with Crippen molar-refractivity contribution in [2.24, 2.45) is 0 Å². The lowest BCUT2D eigenvalue weighted by molar-refractivity contribution is -0.385. The second-order valence-electron chi connectivity index (χ2n) is 10.3. The maximum atomic E-state index is 11.6. The van der Waals surface area contributed by atoms with Crippen LogP contribution in [0.5, 0.6) is 0 Å². The summed E-state index contributed by atoms with van der Waals surface area (Å²) in [6.07, 6.45) is 0. The molecule has 260 valence electrons. The van der Waals surface area contributed by atoms with E-state index in [0.29, 0.717) is 16.7 Å². The molecule has 0 unspecified atom stereocenters. The lowest BCUT2D eigenvalue weighted by Gasteiger charge is -2.03. The third kappa shape index (κ3) is 12.2. The number of nitrogens with zero attached hydrogens (tertiary/aromatic N) is 2. The average Bonchev–Trinajstić information content (AvgIpc) is 3.16. The van der Waals surface area contributed by atoms with Crippen LogP contribution in [0, 0.1) is 31.0 Å². The predicted molar refractivity (Wildman–Crippen MR) is 194 cm³/mol. The molecule has 0 fully saturated rings. The van der Waals surface area contributed by atoms with Gasteiger partial charge in [0.1, 0.15) is 0 Å². The van der Waals surface area contributed by atoms with Gasteiger partial charge in [0.2, 0.25) is 11.6 Å². The van der Waals surface area contributed by atoms with Crippen molar-refractivity contribution in [3.63, 3.8) is 0 Å². The molecule has 5 rings (SSSR count). The Hall–Kier alpha value is -6.99. The molecule has 0 bridgehead atoms. The number of non-ortho nitro benzene ring substituents is 2. The minimum absolute atomic E-state index is 0.00640. The molecule has 0 amide bonds. The minimum Gasteiger partial charge on any atom is -0.478 e. The number of nitro benzene ring substituents is 2. The van der Waals surface area contributed by atoms with E-state index >= 15 is 0 Å².